The van der Waals surface area contributed by atoms with Crippen LogP contribution in [0.3, 0.4) is 0 Å². The molecule has 6 heteroatoms. The van der Waals surface area contributed by atoms with Gasteiger partial charge in [0.15, 0.2) is 5.11 Å². The van der Waals surface area contributed by atoms with Gasteiger partial charge in [-0.25, -0.2) is 4.79 Å². The van der Waals surface area contributed by atoms with E-state index >= 15 is 0 Å². The van der Waals surface area contributed by atoms with E-state index in [2.05, 4.69) is 10.6 Å². The first-order chi connectivity index (χ1) is 9.97. The van der Waals surface area contributed by atoms with Crippen LogP contribution in [-0.4, -0.2) is 27.3 Å². The summed E-state index contributed by atoms with van der Waals surface area (Å²) in [7, 11) is 0. The number of carboxylic acids is 1. The number of aryl methyl sites for hydroxylation is 1. The Labute approximate surface area is 129 Å². The van der Waals surface area contributed by atoms with Crippen LogP contribution < -0.4 is 10.6 Å². The Kier molecular flexibility index (Phi) is 5.01. The predicted octanol–water partition coefficient (Wildman–Crippen LogP) is 3.02. The van der Waals surface area contributed by atoms with E-state index < -0.39 is 5.97 Å². The Bertz CT molecular complexity index is 554. The van der Waals surface area contributed by atoms with Crippen molar-refractivity contribution in [3.8, 4) is 5.75 Å². The van der Waals surface area contributed by atoms with E-state index in [-0.39, 0.29) is 11.3 Å². The smallest absolute Gasteiger partial charge is 0.339 e. The summed E-state index contributed by atoms with van der Waals surface area (Å²) < 4.78 is 0. The second kappa shape index (κ2) is 6.76. The molecule has 5 nitrogen and oxygen atoms in total. The lowest BCUT2D eigenvalue weighted by molar-refractivity contribution is 0.0693. The van der Waals surface area contributed by atoms with Gasteiger partial charge < -0.3 is 20.8 Å². The monoisotopic (exact) mass is 308 g/mol. The molecule has 0 radical (unpaired) electrons. The highest BCUT2D eigenvalue weighted by atomic mass is 32.1. The maximum absolute atomic E-state index is 11.1. The summed E-state index contributed by atoms with van der Waals surface area (Å²) in [4.78, 5) is 11.1. The van der Waals surface area contributed by atoms with Crippen LogP contribution in [-0.2, 0) is 0 Å². The maximum Gasteiger partial charge on any atom is 0.339 e. The van der Waals surface area contributed by atoms with Gasteiger partial charge in [0.1, 0.15) is 11.3 Å². The van der Waals surface area contributed by atoms with E-state index in [4.69, 9.17) is 17.3 Å². The minimum absolute atomic E-state index is 0.127. The van der Waals surface area contributed by atoms with Crippen molar-refractivity contribution in [3.05, 3.63) is 23.3 Å². The number of carbonyl (C=O) groups is 1. The first-order valence-electron chi connectivity index (χ1n) is 7.12. The summed E-state index contributed by atoms with van der Waals surface area (Å²) in [5.74, 6) is -1.37. The lowest BCUT2D eigenvalue weighted by atomic mass is 9.96. The topological polar surface area (TPSA) is 81.6 Å². The van der Waals surface area contributed by atoms with E-state index in [1.54, 1.807) is 13.0 Å². The van der Waals surface area contributed by atoms with Crippen LogP contribution in [0, 0.1) is 6.92 Å². The molecule has 0 aromatic heterocycles. The number of aromatic carboxylic acids is 1. The Hall–Kier alpha value is -1.82. The normalized spacial score (nSPS) is 15.5. The fraction of sp³-hybridized carbons (Fsp3) is 0.467. The van der Waals surface area contributed by atoms with E-state index in [1.165, 1.54) is 25.3 Å². The zero-order chi connectivity index (χ0) is 15.4. The van der Waals surface area contributed by atoms with Crippen molar-refractivity contribution < 1.29 is 15.0 Å². The van der Waals surface area contributed by atoms with Crippen LogP contribution in [0.4, 0.5) is 5.69 Å². The summed E-state index contributed by atoms with van der Waals surface area (Å²) in [5.41, 5.74) is 0.937. The minimum atomic E-state index is -1.16. The molecule has 0 spiro atoms. The second-order valence-electron chi connectivity index (χ2n) is 5.43. The van der Waals surface area contributed by atoms with E-state index in [9.17, 15) is 9.90 Å². The molecule has 21 heavy (non-hydrogen) atoms. The lowest BCUT2D eigenvalue weighted by Crippen LogP contribution is -2.38. The number of phenols is 1. The zero-order valence-corrected chi connectivity index (χ0v) is 12.8. The Morgan fingerprint density at radius 3 is 2.57 bits per heavy atom. The van der Waals surface area contributed by atoms with Crippen molar-refractivity contribution >= 4 is 29.0 Å². The number of benzene rings is 1. The van der Waals surface area contributed by atoms with Gasteiger partial charge in [-0.3, -0.25) is 0 Å². The standard InChI is InChI=1S/C15H20N2O3S/c1-9-7-11(8-12(13(9)18)14(19)20)17-15(21)16-10-5-3-2-4-6-10/h7-8,10,18H,2-6H2,1H3,(H,19,20)(H2,16,17,21). The third kappa shape index (κ3) is 4.07. The number of thiocarbonyl (C=S) groups is 1. The number of aromatic hydroxyl groups is 1. The zero-order valence-electron chi connectivity index (χ0n) is 12.0. The number of anilines is 1. The van der Waals surface area contributed by atoms with Crippen LogP contribution in [0.15, 0.2) is 12.1 Å². The number of hydrogen-bond donors (Lipinski definition) is 4. The van der Waals surface area contributed by atoms with Crippen LogP contribution in [0.2, 0.25) is 0 Å². The van der Waals surface area contributed by atoms with E-state index in [0.717, 1.165) is 12.8 Å². The first kappa shape index (κ1) is 15.6. The molecule has 0 aliphatic heterocycles. The van der Waals surface area contributed by atoms with E-state index in [1.807, 2.05) is 0 Å². The second-order valence-corrected chi connectivity index (χ2v) is 5.84. The molecule has 0 atom stereocenters. The highest BCUT2D eigenvalue weighted by Gasteiger charge is 2.16. The van der Waals surface area contributed by atoms with Crippen LogP contribution in [0.25, 0.3) is 0 Å². The Morgan fingerprint density at radius 1 is 1.29 bits per heavy atom. The lowest BCUT2D eigenvalue weighted by Gasteiger charge is -2.24. The highest BCUT2D eigenvalue weighted by molar-refractivity contribution is 7.80. The van der Waals surface area contributed by atoms with Gasteiger partial charge in [0.05, 0.1) is 0 Å². The SMILES string of the molecule is Cc1cc(NC(=S)NC2CCCCC2)cc(C(=O)O)c1O. The number of nitrogens with one attached hydrogen (secondary N) is 2. The van der Waals surface area contributed by atoms with Gasteiger partial charge in [0.2, 0.25) is 0 Å². The first-order valence-corrected chi connectivity index (χ1v) is 7.52. The molecule has 2 rings (SSSR count). The van der Waals surface area contributed by atoms with Gasteiger partial charge in [-0.1, -0.05) is 19.3 Å². The Balaban J connectivity index is 2.05. The maximum atomic E-state index is 11.1. The Morgan fingerprint density at radius 2 is 1.95 bits per heavy atom. The molecular weight excluding hydrogens is 288 g/mol. The largest absolute Gasteiger partial charge is 0.507 e. The van der Waals surface area contributed by atoms with Gasteiger partial charge >= 0.3 is 5.97 Å². The molecule has 0 unspecified atom stereocenters. The summed E-state index contributed by atoms with van der Waals surface area (Å²) in [6, 6.07) is 3.45. The molecule has 114 valence electrons. The number of rotatable bonds is 3. The molecule has 0 bridgehead atoms. The van der Waals surface area contributed by atoms with Gasteiger partial charge in [-0.05, 0) is 49.7 Å². The van der Waals surface area contributed by atoms with Crippen LogP contribution in [0.5, 0.6) is 5.75 Å². The molecule has 1 aromatic rings. The van der Waals surface area contributed by atoms with Gasteiger partial charge in [0.25, 0.3) is 0 Å². The molecule has 1 saturated carbocycles. The fourth-order valence-electron chi connectivity index (χ4n) is 2.61. The molecule has 0 amide bonds. The highest BCUT2D eigenvalue weighted by Crippen LogP contribution is 2.26. The third-order valence-corrected chi connectivity index (χ3v) is 3.95. The van der Waals surface area contributed by atoms with Gasteiger partial charge in [-0.2, -0.15) is 0 Å². The molecule has 0 heterocycles. The summed E-state index contributed by atoms with van der Waals surface area (Å²) in [5, 5.41) is 25.6. The quantitative estimate of drug-likeness (QED) is 0.508. The minimum Gasteiger partial charge on any atom is -0.507 e. The molecule has 1 aromatic carbocycles. The van der Waals surface area contributed by atoms with Crippen LogP contribution >= 0.6 is 12.2 Å². The van der Waals surface area contributed by atoms with Crippen molar-refractivity contribution in [1.29, 1.82) is 0 Å². The van der Waals surface area contributed by atoms with E-state index in [0.29, 0.717) is 22.4 Å². The van der Waals surface area contributed by atoms with Crippen molar-refractivity contribution in [2.24, 2.45) is 0 Å². The fourth-order valence-corrected chi connectivity index (χ4v) is 2.90. The summed E-state index contributed by atoms with van der Waals surface area (Å²) in [6.07, 6.45) is 5.91. The van der Waals surface area contributed by atoms with Crippen molar-refractivity contribution in [2.75, 3.05) is 5.32 Å². The van der Waals surface area contributed by atoms with Gasteiger partial charge in [-0.15, -0.1) is 0 Å². The van der Waals surface area contributed by atoms with Crippen molar-refractivity contribution in [2.45, 2.75) is 45.1 Å². The molecule has 1 aliphatic carbocycles. The summed E-state index contributed by atoms with van der Waals surface area (Å²) in [6.45, 7) is 1.66. The number of hydrogen-bond acceptors (Lipinski definition) is 3. The predicted molar refractivity (Wildman–Crippen MR) is 86.0 cm³/mol. The molecule has 1 fully saturated rings. The van der Waals surface area contributed by atoms with Crippen LogP contribution in [0.1, 0.15) is 48.0 Å². The van der Waals surface area contributed by atoms with Gasteiger partial charge in [0, 0.05) is 11.7 Å². The molecule has 1 aliphatic rings. The van der Waals surface area contributed by atoms with Crippen molar-refractivity contribution in [3.63, 3.8) is 0 Å². The average molecular weight is 308 g/mol. The summed E-state index contributed by atoms with van der Waals surface area (Å²) >= 11 is 5.27. The van der Waals surface area contributed by atoms with Crippen molar-refractivity contribution in [1.82, 2.24) is 5.32 Å². The molecular formula is C15H20N2O3S. The average Bonchev–Trinajstić information content (AvgIpc) is 2.43. The third-order valence-electron chi connectivity index (χ3n) is 3.73. The molecule has 0 saturated heterocycles. The number of carboxylic acid groups (broad SMARTS) is 1. The molecule has 4 N–H and O–H groups in total.